The first-order valence-electron chi connectivity index (χ1n) is 6.40. The molecule has 2 rings (SSSR count). The lowest BCUT2D eigenvalue weighted by Crippen LogP contribution is -2.16. The third-order valence-electron chi connectivity index (χ3n) is 4.09. The average Bonchev–Trinajstić information content (AvgIpc) is 3.12. The Hall–Kier alpha value is -0.820. The van der Waals surface area contributed by atoms with Crippen molar-refractivity contribution in [2.75, 3.05) is 0 Å². The lowest BCUT2D eigenvalue weighted by molar-refractivity contribution is 0.505. The molecule has 0 radical (unpaired) electrons. The van der Waals surface area contributed by atoms with Crippen LogP contribution in [0, 0.1) is 5.92 Å². The Morgan fingerprint density at radius 1 is 1.25 bits per heavy atom. The average molecular weight is 217 g/mol. The highest BCUT2D eigenvalue weighted by Crippen LogP contribution is 2.39. The van der Waals surface area contributed by atoms with Crippen molar-refractivity contribution in [1.29, 1.82) is 0 Å². The Labute approximate surface area is 99.0 Å². The molecule has 1 heteroatoms. The third-order valence-corrected chi connectivity index (χ3v) is 4.09. The molecule has 1 aromatic rings. The summed E-state index contributed by atoms with van der Waals surface area (Å²) in [4.78, 5) is 0. The summed E-state index contributed by atoms with van der Waals surface area (Å²) in [5.74, 6) is 0.741. The maximum absolute atomic E-state index is 6.19. The third kappa shape index (κ3) is 2.30. The summed E-state index contributed by atoms with van der Waals surface area (Å²) in [6.07, 6.45) is 3.79. The van der Waals surface area contributed by atoms with Gasteiger partial charge in [-0.05, 0) is 41.7 Å². The molecular formula is C15H23N. The van der Waals surface area contributed by atoms with Gasteiger partial charge in [0, 0.05) is 6.04 Å². The molecule has 1 unspecified atom stereocenters. The summed E-state index contributed by atoms with van der Waals surface area (Å²) < 4.78 is 0. The van der Waals surface area contributed by atoms with E-state index in [9.17, 15) is 0 Å². The van der Waals surface area contributed by atoms with Gasteiger partial charge >= 0.3 is 0 Å². The molecule has 1 saturated carbocycles. The highest BCUT2D eigenvalue weighted by atomic mass is 14.7. The van der Waals surface area contributed by atoms with E-state index >= 15 is 0 Å². The number of hydrogen-bond donors (Lipinski definition) is 1. The molecule has 0 spiro atoms. The summed E-state index contributed by atoms with van der Waals surface area (Å²) in [5, 5.41) is 0. The predicted molar refractivity (Wildman–Crippen MR) is 69.4 cm³/mol. The van der Waals surface area contributed by atoms with Gasteiger partial charge in [0.05, 0.1) is 0 Å². The van der Waals surface area contributed by atoms with Gasteiger partial charge in [-0.15, -0.1) is 0 Å². The molecular weight excluding hydrogens is 194 g/mol. The zero-order chi connectivity index (χ0) is 11.8. The van der Waals surface area contributed by atoms with Crippen LogP contribution in [0.3, 0.4) is 0 Å². The van der Waals surface area contributed by atoms with Gasteiger partial charge in [0.15, 0.2) is 0 Å². The Bertz CT molecular complexity index is 346. The molecule has 1 nitrogen and oxygen atoms in total. The second-order valence-electron chi connectivity index (χ2n) is 5.72. The Kier molecular flexibility index (Phi) is 3.07. The molecule has 0 amide bonds. The van der Waals surface area contributed by atoms with Crippen molar-refractivity contribution in [2.24, 2.45) is 11.7 Å². The first kappa shape index (κ1) is 11.7. The van der Waals surface area contributed by atoms with E-state index in [1.807, 2.05) is 0 Å². The minimum absolute atomic E-state index is 0.263. The monoisotopic (exact) mass is 217 g/mol. The van der Waals surface area contributed by atoms with E-state index in [-0.39, 0.29) is 11.5 Å². The molecule has 0 heterocycles. The predicted octanol–water partition coefficient (Wildman–Crippen LogP) is 3.78. The zero-order valence-corrected chi connectivity index (χ0v) is 10.7. The molecule has 1 atom stereocenters. The van der Waals surface area contributed by atoms with E-state index in [1.165, 1.54) is 30.4 Å². The summed E-state index contributed by atoms with van der Waals surface area (Å²) in [6.45, 7) is 6.83. The molecule has 2 N–H and O–H groups in total. The van der Waals surface area contributed by atoms with Gasteiger partial charge in [-0.2, -0.15) is 0 Å². The molecule has 0 aliphatic heterocycles. The normalized spacial score (nSPS) is 18.5. The fraction of sp³-hybridized carbons (Fsp3) is 0.600. The van der Waals surface area contributed by atoms with Crippen LogP contribution >= 0.6 is 0 Å². The van der Waals surface area contributed by atoms with Crippen LogP contribution in [0.4, 0.5) is 0 Å². The van der Waals surface area contributed by atoms with Gasteiger partial charge in [-0.1, -0.05) is 45.0 Å². The minimum Gasteiger partial charge on any atom is -0.324 e. The van der Waals surface area contributed by atoms with Crippen LogP contribution < -0.4 is 5.73 Å². The highest BCUT2D eigenvalue weighted by Gasteiger charge is 2.29. The topological polar surface area (TPSA) is 26.0 Å². The highest BCUT2D eigenvalue weighted by molar-refractivity contribution is 5.30. The van der Waals surface area contributed by atoms with Gasteiger partial charge in [0.1, 0.15) is 0 Å². The number of hydrogen-bond acceptors (Lipinski definition) is 1. The molecule has 1 aliphatic carbocycles. The summed E-state index contributed by atoms with van der Waals surface area (Å²) in [7, 11) is 0. The van der Waals surface area contributed by atoms with Crippen LogP contribution in [0.5, 0.6) is 0 Å². The van der Waals surface area contributed by atoms with Gasteiger partial charge in [0.2, 0.25) is 0 Å². The second kappa shape index (κ2) is 4.21. The van der Waals surface area contributed by atoms with E-state index in [4.69, 9.17) is 5.73 Å². The Morgan fingerprint density at radius 3 is 2.25 bits per heavy atom. The van der Waals surface area contributed by atoms with E-state index < -0.39 is 0 Å². The van der Waals surface area contributed by atoms with Crippen molar-refractivity contribution >= 4 is 0 Å². The fourth-order valence-electron chi connectivity index (χ4n) is 2.09. The molecule has 0 aromatic heterocycles. The van der Waals surface area contributed by atoms with Crippen molar-refractivity contribution in [1.82, 2.24) is 0 Å². The van der Waals surface area contributed by atoms with E-state index in [1.54, 1.807) is 0 Å². The van der Waals surface area contributed by atoms with E-state index in [2.05, 4.69) is 45.0 Å². The lowest BCUT2D eigenvalue weighted by atomic mass is 9.81. The van der Waals surface area contributed by atoms with E-state index in [0.717, 1.165) is 5.92 Å². The van der Waals surface area contributed by atoms with Crippen molar-refractivity contribution < 1.29 is 0 Å². The largest absolute Gasteiger partial charge is 0.324 e. The zero-order valence-electron chi connectivity index (χ0n) is 10.7. The van der Waals surface area contributed by atoms with Crippen molar-refractivity contribution in [3.63, 3.8) is 0 Å². The lowest BCUT2D eigenvalue weighted by Gasteiger charge is -2.24. The van der Waals surface area contributed by atoms with Crippen LogP contribution in [0.25, 0.3) is 0 Å². The summed E-state index contributed by atoms with van der Waals surface area (Å²) in [6, 6.07) is 9.20. The molecule has 0 saturated heterocycles. The molecule has 16 heavy (non-hydrogen) atoms. The number of benzene rings is 1. The van der Waals surface area contributed by atoms with Crippen LogP contribution in [-0.2, 0) is 5.41 Å². The summed E-state index contributed by atoms with van der Waals surface area (Å²) in [5.41, 5.74) is 9.19. The number of nitrogens with two attached hydrogens (primary N) is 1. The Balaban J connectivity index is 2.15. The molecule has 0 bridgehead atoms. The van der Waals surface area contributed by atoms with Gasteiger partial charge in [-0.3, -0.25) is 0 Å². The summed E-state index contributed by atoms with van der Waals surface area (Å²) >= 11 is 0. The quantitative estimate of drug-likeness (QED) is 0.816. The Morgan fingerprint density at radius 2 is 1.81 bits per heavy atom. The van der Waals surface area contributed by atoms with Crippen molar-refractivity contribution in [3.05, 3.63) is 35.4 Å². The molecule has 1 aromatic carbocycles. The van der Waals surface area contributed by atoms with Crippen LogP contribution in [-0.4, -0.2) is 0 Å². The SMILES string of the molecule is CCC(C)(C)c1ccc(C(N)C2CC2)cc1. The maximum Gasteiger partial charge on any atom is 0.0323 e. The van der Waals surface area contributed by atoms with Crippen molar-refractivity contribution in [3.8, 4) is 0 Å². The standard InChI is InChI=1S/C15H23N/c1-4-15(2,3)13-9-7-12(8-10-13)14(16)11-5-6-11/h7-11,14H,4-6,16H2,1-3H3. The van der Waals surface area contributed by atoms with Gasteiger partial charge in [-0.25, -0.2) is 0 Å². The number of rotatable bonds is 4. The van der Waals surface area contributed by atoms with E-state index in [0.29, 0.717) is 0 Å². The van der Waals surface area contributed by atoms with Crippen LogP contribution in [0.1, 0.15) is 57.2 Å². The smallest absolute Gasteiger partial charge is 0.0323 e. The fourth-order valence-corrected chi connectivity index (χ4v) is 2.09. The molecule has 1 fully saturated rings. The first-order valence-corrected chi connectivity index (χ1v) is 6.40. The molecule has 1 aliphatic rings. The van der Waals surface area contributed by atoms with Crippen LogP contribution in [0.2, 0.25) is 0 Å². The minimum atomic E-state index is 0.263. The molecule has 88 valence electrons. The van der Waals surface area contributed by atoms with Crippen LogP contribution in [0.15, 0.2) is 24.3 Å². The van der Waals surface area contributed by atoms with Gasteiger partial charge < -0.3 is 5.73 Å². The van der Waals surface area contributed by atoms with Gasteiger partial charge in [0.25, 0.3) is 0 Å². The maximum atomic E-state index is 6.19. The first-order chi connectivity index (χ1) is 7.54. The van der Waals surface area contributed by atoms with Crippen molar-refractivity contribution in [2.45, 2.75) is 51.5 Å². The second-order valence-corrected chi connectivity index (χ2v) is 5.72.